The van der Waals surface area contributed by atoms with E-state index in [1.165, 1.54) is 38.8 Å². The SMILES string of the molecule is Cc1nc2c(F)cc(-c3cc(Nc4ncc(CN5CCC6(CCN(C)CC6)CC5)cn4)ncc3P)cc2n1C(C)C. The molecule has 5 heterocycles. The molecule has 4 aromatic rings. The number of aryl methyl sites for hydroxylation is 1. The molecule has 10 heteroatoms. The van der Waals surface area contributed by atoms with Crippen LogP contribution in [0.3, 0.4) is 0 Å². The van der Waals surface area contributed by atoms with Gasteiger partial charge in [0.1, 0.15) is 17.2 Å². The van der Waals surface area contributed by atoms with Crippen LogP contribution in [0.2, 0.25) is 0 Å². The molecule has 2 saturated heterocycles. The lowest BCUT2D eigenvalue weighted by Gasteiger charge is -2.46. The maximum Gasteiger partial charge on any atom is 0.228 e. The van der Waals surface area contributed by atoms with E-state index in [0.29, 0.717) is 22.7 Å². The number of nitrogens with zero attached hydrogens (tertiary/aromatic N) is 7. The van der Waals surface area contributed by atoms with E-state index in [1.807, 2.05) is 31.5 Å². The van der Waals surface area contributed by atoms with Crippen LogP contribution in [0.5, 0.6) is 0 Å². The predicted octanol–water partition coefficient (Wildman–Crippen LogP) is 5.47. The number of imidazole rings is 1. The topological polar surface area (TPSA) is 75.0 Å². The van der Waals surface area contributed by atoms with Crippen molar-refractivity contribution in [2.75, 3.05) is 38.5 Å². The van der Waals surface area contributed by atoms with Crippen LogP contribution in [0, 0.1) is 18.2 Å². The maximum atomic E-state index is 15.1. The van der Waals surface area contributed by atoms with Crippen LogP contribution >= 0.6 is 9.24 Å². The molecule has 2 fully saturated rings. The molecule has 2 aliphatic rings. The number of fused-ring (bicyclic) bond motifs is 1. The average molecular weight is 575 g/mol. The molecule has 0 radical (unpaired) electrons. The van der Waals surface area contributed by atoms with Gasteiger partial charge in [-0.3, -0.25) is 4.90 Å². The Bertz CT molecular complexity index is 1530. The van der Waals surface area contributed by atoms with Gasteiger partial charge in [-0.05, 0) is 120 Å². The summed E-state index contributed by atoms with van der Waals surface area (Å²) in [5.41, 5.74) is 4.50. The van der Waals surface area contributed by atoms with Crippen molar-refractivity contribution >= 4 is 37.3 Å². The smallest absolute Gasteiger partial charge is 0.228 e. The lowest BCUT2D eigenvalue weighted by atomic mass is 9.71. The number of pyridine rings is 1. The molecule has 8 nitrogen and oxygen atoms in total. The Hall–Kier alpha value is -3.00. The van der Waals surface area contributed by atoms with Gasteiger partial charge in [-0.25, -0.2) is 24.3 Å². The first-order chi connectivity index (χ1) is 19.7. The van der Waals surface area contributed by atoms with E-state index in [-0.39, 0.29) is 11.9 Å². The van der Waals surface area contributed by atoms with Crippen LogP contribution in [-0.4, -0.2) is 67.5 Å². The molecule has 0 aliphatic carbocycles. The summed E-state index contributed by atoms with van der Waals surface area (Å²) in [5.74, 6) is 1.57. The number of benzene rings is 1. The van der Waals surface area contributed by atoms with Gasteiger partial charge >= 0.3 is 0 Å². The summed E-state index contributed by atoms with van der Waals surface area (Å²) in [6, 6.07) is 5.64. The fraction of sp³-hybridized carbons (Fsp3) is 0.484. The van der Waals surface area contributed by atoms with Gasteiger partial charge in [0.05, 0.1) is 5.52 Å². The van der Waals surface area contributed by atoms with E-state index < -0.39 is 0 Å². The number of halogens is 1. The number of hydrogen-bond acceptors (Lipinski definition) is 7. The molecule has 3 aromatic heterocycles. The number of rotatable bonds is 6. The third kappa shape index (κ3) is 5.85. The fourth-order valence-electron chi connectivity index (χ4n) is 6.51. The lowest BCUT2D eigenvalue weighted by Crippen LogP contribution is -2.45. The number of likely N-dealkylation sites (tertiary alicyclic amines) is 2. The first-order valence-electron chi connectivity index (χ1n) is 14.6. The van der Waals surface area contributed by atoms with Crippen molar-refractivity contribution in [3.63, 3.8) is 0 Å². The highest BCUT2D eigenvalue weighted by atomic mass is 31.0. The zero-order chi connectivity index (χ0) is 28.7. The quantitative estimate of drug-likeness (QED) is 0.306. The summed E-state index contributed by atoms with van der Waals surface area (Å²) in [7, 11) is 4.94. The number of piperidine rings is 2. The van der Waals surface area contributed by atoms with Crippen molar-refractivity contribution in [3.05, 3.63) is 54.0 Å². The standard InChI is InChI=1S/C31H40FN8P/c1-20(2)40-21(3)36-29-25(32)13-23(14-26(29)40)24-15-28(33-18-27(24)41)37-30-34-16-22(17-35-30)19-39-11-7-31(8-12-39)5-9-38(4)10-6-31/h13-18,20H,5-12,19,41H2,1-4H3,(H,33,34,35,37). The molecule has 0 saturated carbocycles. The van der Waals surface area contributed by atoms with Gasteiger partial charge in [0, 0.05) is 36.7 Å². The van der Waals surface area contributed by atoms with Gasteiger partial charge in [-0.1, -0.05) is 0 Å². The average Bonchev–Trinajstić information content (AvgIpc) is 3.30. The molecule has 1 aromatic carbocycles. The van der Waals surface area contributed by atoms with E-state index >= 15 is 4.39 Å². The second-order valence-electron chi connectivity index (χ2n) is 12.2. The second kappa shape index (κ2) is 11.3. The Morgan fingerprint density at radius 3 is 2.34 bits per heavy atom. The maximum absolute atomic E-state index is 15.1. The van der Waals surface area contributed by atoms with E-state index in [9.17, 15) is 0 Å². The highest BCUT2D eigenvalue weighted by Gasteiger charge is 2.36. The van der Waals surface area contributed by atoms with Crippen molar-refractivity contribution in [3.8, 4) is 11.1 Å². The molecule has 1 N–H and O–H groups in total. The molecule has 216 valence electrons. The van der Waals surface area contributed by atoms with Gasteiger partial charge in [0.25, 0.3) is 0 Å². The van der Waals surface area contributed by atoms with Crippen LogP contribution in [0.4, 0.5) is 16.2 Å². The van der Waals surface area contributed by atoms with Crippen LogP contribution in [0.15, 0.2) is 36.8 Å². The summed E-state index contributed by atoms with van der Waals surface area (Å²) in [4.78, 5) is 23.1. The van der Waals surface area contributed by atoms with Crippen molar-refractivity contribution in [2.24, 2.45) is 5.41 Å². The Labute approximate surface area is 244 Å². The normalized spacial score (nSPS) is 18.0. The largest absolute Gasteiger partial charge is 0.326 e. The third-order valence-electron chi connectivity index (χ3n) is 9.00. The first-order valence-corrected chi connectivity index (χ1v) is 15.2. The molecule has 2 aliphatic heterocycles. The van der Waals surface area contributed by atoms with E-state index in [1.54, 1.807) is 12.3 Å². The fourth-order valence-corrected chi connectivity index (χ4v) is 6.84. The van der Waals surface area contributed by atoms with Gasteiger partial charge in [0.15, 0.2) is 5.82 Å². The third-order valence-corrected chi connectivity index (χ3v) is 9.46. The minimum Gasteiger partial charge on any atom is -0.326 e. The van der Waals surface area contributed by atoms with E-state index in [0.717, 1.165) is 53.0 Å². The highest BCUT2D eigenvalue weighted by molar-refractivity contribution is 7.27. The molecular formula is C31H40FN8P. The zero-order valence-corrected chi connectivity index (χ0v) is 25.6. The molecule has 0 amide bonds. The summed E-state index contributed by atoms with van der Waals surface area (Å²) in [6.45, 7) is 11.7. The van der Waals surface area contributed by atoms with Crippen LogP contribution in [0.1, 0.15) is 57.0 Å². The number of anilines is 2. The minimum absolute atomic E-state index is 0.172. The van der Waals surface area contributed by atoms with Gasteiger partial charge in [0.2, 0.25) is 5.95 Å². The Kier molecular flexibility index (Phi) is 7.79. The zero-order valence-electron chi connectivity index (χ0n) is 24.5. The van der Waals surface area contributed by atoms with Crippen LogP contribution in [0.25, 0.3) is 22.2 Å². The lowest BCUT2D eigenvalue weighted by molar-refractivity contribution is 0.0400. The minimum atomic E-state index is -0.329. The highest BCUT2D eigenvalue weighted by Crippen LogP contribution is 2.41. The van der Waals surface area contributed by atoms with Gasteiger partial charge in [-0.15, -0.1) is 9.24 Å². The van der Waals surface area contributed by atoms with Crippen molar-refractivity contribution in [1.29, 1.82) is 0 Å². The molecular weight excluding hydrogens is 534 g/mol. The van der Waals surface area contributed by atoms with Crippen molar-refractivity contribution < 1.29 is 4.39 Å². The molecule has 0 bridgehead atoms. The second-order valence-corrected chi connectivity index (χ2v) is 12.8. The summed E-state index contributed by atoms with van der Waals surface area (Å²) in [6.07, 6.45) is 10.8. The summed E-state index contributed by atoms with van der Waals surface area (Å²) < 4.78 is 17.2. The Morgan fingerprint density at radius 2 is 1.66 bits per heavy atom. The van der Waals surface area contributed by atoms with Gasteiger partial charge < -0.3 is 14.8 Å². The van der Waals surface area contributed by atoms with Gasteiger partial charge in [-0.2, -0.15) is 0 Å². The number of nitrogens with one attached hydrogen (secondary N) is 1. The molecule has 1 unspecified atom stereocenters. The monoisotopic (exact) mass is 574 g/mol. The van der Waals surface area contributed by atoms with E-state index in [4.69, 9.17) is 0 Å². The molecule has 1 spiro atoms. The van der Waals surface area contributed by atoms with Crippen molar-refractivity contribution in [2.45, 2.75) is 59.0 Å². The number of aromatic nitrogens is 5. The summed E-state index contributed by atoms with van der Waals surface area (Å²) in [5, 5.41) is 4.10. The van der Waals surface area contributed by atoms with Crippen molar-refractivity contribution in [1.82, 2.24) is 34.3 Å². The van der Waals surface area contributed by atoms with Crippen LogP contribution in [-0.2, 0) is 6.54 Å². The molecule has 41 heavy (non-hydrogen) atoms. The summed E-state index contributed by atoms with van der Waals surface area (Å²) >= 11 is 0. The number of hydrogen-bond donors (Lipinski definition) is 1. The molecule has 6 rings (SSSR count). The van der Waals surface area contributed by atoms with Crippen LogP contribution < -0.4 is 10.6 Å². The first kappa shape index (κ1) is 28.1. The Morgan fingerprint density at radius 1 is 0.976 bits per heavy atom. The van der Waals surface area contributed by atoms with E-state index in [2.05, 4.69) is 69.8 Å². The molecule has 1 atom stereocenters. The Balaban J connectivity index is 1.14. The predicted molar refractivity (Wildman–Crippen MR) is 166 cm³/mol.